The minimum atomic E-state index is -4.48. The second-order valence-electron chi connectivity index (χ2n) is 3.77. The van der Waals surface area contributed by atoms with Crippen molar-refractivity contribution in [3.8, 4) is 10.6 Å². The van der Waals surface area contributed by atoms with Crippen molar-refractivity contribution < 1.29 is 18.0 Å². The molecule has 2 rings (SSSR count). The van der Waals surface area contributed by atoms with E-state index in [2.05, 4.69) is 31.2 Å². The van der Waals surface area contributed by atoms with E-state index in [0.29, 0.717) is 10.0 Å². The molecular weight excluding hydrogens is 359 g/mol. The number of aromatic nitrogens is 2. The first-order chi connectivity index (χ1) is 9.27. The van der Waals surface area contributed by atoms with Crippen molar-refractivity contribution >= 4 is 39.0 Å². The van der Waals surface area contributed by atoms with E-state index in [4.69, 9.17) is 0 Å². The van der Waals surface area contributed by atoms with Gasteiger partial charge in [0.15, 0.2) is 5.69 Å². The number of anilines is 1. The maximum atomic E-state index is 12.5. The Bertz CT molecular complexity index is 657. The number of hydrogen-bond acceptors (Lipinski definition) is 4. The van der Waals surface area contributed by atoms with Gasteiger partial charge in [0, 0.05) is 28.5 Å². The number of alkyl halides is 3. The number of nitrogens with one attached hydrogen (secondary N) is 1. The number of pyridine rings is 1. The van der Waals surface area contributed by atoms with Crippen LogP contribution in [0.4, 0.5) is 19.0 Å². The third kappa shape index (κ3) is 3.34. The van der Waals surface area contributed by atoms with Gasteiger partial charge in [0.1, 0.15) is 10.8 Å². The Kier molecular flexibility index (Phi) is 4.09. The summed E-state index contributed by atoms with van der Waals surface area (Å²) in [6, 6.07) is 1.46. The predicted molar refractivity (Wildman–Crippen MR) is 72.4 cm³/mol. The summed E-state index contributed by atoms with van der Waals surface area (Å²) in [4.78, 5) is 18.4. The third-order valence-electron chi connectivity index (χ3n) is 2.18. The molecule has 106 valence electrons. The Morgan fingerprint density at radius 1 is 1.45 bits per heavy atom. The Morgan fingerprint density at radius 2 is 2.15 bits per heavy atom. The molecule has 0 spiro atoms. The Hall–Kier alpha value is -1.48. The maximum absolute atomic E-state index is 12.5. The molecule has 0 saturated carbocycles. The molecule has 0 radical (unpaired) electrons. The van der Waals surface area contributed by atoms with Crippen LogP contribution in [0.5, 0.6) is 0 Å². The first-order valence-electron chi connectivity index (χ1n) is 5.23. The number of hydrogen-bond donors (Lipinski definition) is 1. The highest BCUT2D eigenvalue weighted by Gasteiger charge is 2.34. The lowest BCUT2D eigenvalue weighted by Crippen LogP contribution is -2.07. The van der Waals surface area contributed by atoms with Crippen LogP contribution in [0.1, 0.15) is 12.6 Å². The van der Waals surface area contributed by atoms with Crippen LogP contribution in [0.2, 0.25) is 0 Å². The molecule has 0 fully saturated rings. The van der Waals surface area contributed by atoms with Gasteiger partial charge in [-0.3, -0.25) is 4.79 Å². The minimum Gasteiger partial charge on any atom is -0.311 e. The highest BCUT2D eigenvalue weighted by molar-refractivity contribution is 9.10. The molecule has 20 heavy (non-hydrogen) atoms. The Balaban J connectivity index is 2.41. The van der Waals surface area contributed by atoms with Gasteiger partial charge in [-0.2, -0.15) is 13.2 Å². The van der Waals surface area contributed by atoms with Crippen molar-refractivity contribution in [2.24, 2.45) is 0 Å². The van der Waals surface area contributed by atoms with Gasteiger partial charge in [-0.05, 0) is 22.0 Å². The summed E-state index contributed by atoms with van der Waals surface area (Å²) in [5.74, 6) is -0.0691. The first-order valence-corrected chi connectivity index (χ1v) is 6.91. The summed E-state index contributed by atoms with van der Waals surface area (Å²) in [6.07, 6.45) is -3.08. The fraction of sp³-hybridized carbons (Fsp3) is 0.182. The van der Waals surface area contributed by atoms with Crippen LogP contribution in [0.25, 0.3) is 10.6 Å². The molecule has 2 heterocycles. The van der Waals surface area contributed by atoms with Crippen LogP contribution < -0.4 is 5.32 Å². The molecule has 0 bridgehead atoms. The Labute approximate surface area is 124 Å². The van der Waals surface area contributed by atoms with Gasteiger partial charge in [-0.1, -0.05) is 0 Å². The van der Waals surface area contributed by atoms with Gasteiger partial charge in [0.25, 0.3) is 0 Å². The van der Waals surface area contributed by atoms with E-state index in [0.717, 1.165) is 16.7 Å². The van der Waals surface area contributed by atoms with E-state index in [1.165, 1.54) is 19.2 Å². The second kappa shape index (κ2) is 5.49. The number of amides is 1. The number of nitrogens with zero attached hydrogens (tertiary/aromatic N) is 2. The van der Waals surface area contributed by atoms with E-state index < -0.39 is 11.9 Å². The average molecular weight is 366 g/mol. The molecule has 1 N–H and O–H groups in total. The monoisotopic (exact) mass is 365 g/mol. The molecular formula is C11H7BrF3N3OS. The number of rotatable bonds is 2. The predicted octanol–water partition coefficient (Wildman–Crippen LogP) is 3.94. The van der Waals surface area contributed by atoms with Gasteiger partial charge in [0.2, 0.25) is 5.91 Å². The topological polar surface area (TPSA) is 54.9 Å². The fourth-order valence-electron chi connectivity index (χ4n) is 1.38. The summed E-state index contributed by atoms with van der Waals surface area (Å²) >= 11 is 4.07. The smallest absolute Gasteiger partial charge is 0.311 e. The molecule has 9 heteroatoms. The van der Waals surface area contributed by atoms with Crippen LogP contribution >= 0.6 is 27.3 Å². The SMILES string of the molecule is CC(=O)Nc1cc(-c2nc(C(F)(F)F)cs2)c(Br)cn1. The van der Waals surface area contributed by atoms with Crippen molar-refractivity contribution in [3.63, 3.8) is 0 Å². The number of halogens is 4. The van der Waals surface area contributed by atoms with E-state index >= 15 is 0 Å². The third-order valence-corrected chi connectivity index (χ3v) is 3.69. The van der Waals surface area contributed by atoms with Crippen molar-refractivity contribution in [3.05, 3.63) is 27.8 Å². The summed E-state index contributed by atoms with van der Waals surface area (Å²) < 4.78 is 38.1. The molecule has 2 aromatic heterocycles. The lowest BCUT2D eigenvalue weighted by Gasteiger charge is -2.05. The molecule has 0 aromatic carbocycles. The van der Waals surface area contributed by atoms with Crippen molar-refractivity contribution in [2.45, 2.75) is 13.1 Å². The molecule has 0 unspecified atom stereocenters. The van der Waals surface area contributed by atoms with Crippen molar-refractivity contribution in [2.75, 3.05) is 5.32 Å². The van der Waals surface area contributed by atoms with Crippen LogP contribution in [-0.2, 0) is 11.0 Å². The largest absolute Gasteiger partial charge is 0.434 e. The zero-order valence-electron chi connectivity index (χ0n) is 9.95. The van der Waals surface area contributed by atoms with Crippen LogP contribution in [0, 0.1) is 0 Å². The molecule has 0 atom stereocenters. The van der Waals surface area contributed by atoms with Crippen LogP contribution in [0.15, 0.2) is 22.1 Å². The summed E-state index contributed by atoms with van der Waals surface area (Å²) in [6.45, 7) is 1.31. The quantitative estimate of drug-likeness (QED) is 0.876. The average Bonchev–Trinajstić information content (AvgIpc) is 2.80. The number of carbonyl (C=O) groups excluding carboxylic acids is 1. The lowest BCUT2D eigenvalue weighted by molar-refractivity contribution is -0.140. The zero-order chi connectivity index (χ0) is 14.9. The minimum absolute atomic E-state index is 0.193. The van der Waals surface area contributed by atoms with Gasteiger partial charge >= 0.3 is 6.18 Å². The van der Waals surface area contributed by atoms with Gasteiger partial charge in [0.05, 0.1) is 0 Å². The highest BCUT2D eigenvalue weighted by Crippen LogP contribution is 2.36. The molecule has 1 amide bonds. The molecule has 0 saturated heterocycles. The second-order valence-corrected chi connectivity index (χ2v) is 5.48. The summed E-state index contributed by atoms with van der Waals surface area (Å²) in [5.41, 5.74) is -0.508. The molecule has 0 aliphatic carbocycles. The van der Waals surface area contributed by atoms with Crippen LogP contribution in [0.3, 0.4) is 0 Å². The van der Waals surface area contributed by atoms with Crippen molar-refractivity contribution in [1.29, 1.82) is 0 Å². The summed E-state index contributed by atoms with van der Waals surface area (Å²) in [5, 5.41) is 3.60. The fourth-order valence-corrected chi connectivity index (χ4v) is 2.77. The zero-order valence-corrected chi connectivity index (χ0v) is 12.4. The van der Waals surface area contributed by atoms with E-state index in [1.807, 2.05) is 0 Å². The standard InChI is InChI=1S/C11H7BrF3N3OS/c1-5(19)17-9-2-6(7(12)3-16-9)10-18-8(4-20-10)11(13,14)15/h2-4H,1H3,(H,16,17,19). The summed E-state index contributed by atoms with van der Waals surface area (Å²) in [7, 11) is 0. The van der Waals surface area contributed by atoms with E-state index in [-0.39, 0.29) is 16.7 Å². The molecule has 2 aromatic rings. The molecule has 4 nitrogen and oxygen atoms in total. The Morgan fingerprint density at radius 3 is 2.70 bits per heavy atom. The number of carbonyl (C=O) groups is 1. The first kappa shape index (κ1) is 14.9. The highest BCUT2D eigenvalue weighted by atomic mass is 79.9. The van der Waals surface area contributed by atoms with Gasteiger partial charge in [-0.25, -0.2) is 9.97 Å². The van der Waals surface area contributed by atoms with E-state index in [1.54, 1.807) is 0 Å². The number of thiazole rings is 1. The maximum Gasteiger partial charge on any atom is 0.434 e. The van der Waals surface area contributed by atoms with Crippen LogP contribution in [-0.4, -0.2) is 15.9 Å². The molecule has 0 aliphatic heterocycles. The lowest BCUT2D eigenvalue weighted by atomic mass is 10.2. The molecule has 0 aliphatic rings. The van der Waals surface area contributed by atoms with Gasteiger partial charge < -0.3 is 5.32 Å². The van der Waals surface area contributed by atoms with Crippen molar-refractivity contribution in [1.82, 2.24) is 9.97 Å². The van der Waals surface area contributed by atoms with E-state index in [9.17, 15) is 18.0 Å². The van der Waals surface area contributed by atoms with Gasteiger partial charge in [-0.15, -0.1) is 11.3 Å². The normalized spacial score (nSPS) is 11.4.